The summed E-state index contributed by atoms with van der Waals surface area (Å²) in [5.74, 6) is -0.611. The Morgan fingerprint density at radius 1 is 1.45 bits per heavy atom. The van der Waals surface area contributed by atoms with Gasteiger partial charge in [0, 0.05) is 25.1 Å². The highest BCUT2D eigenvalue weighted by atomic mass is 19.1. The number of hydrogen-bond acceptors (Lipinski definition) is 5. The highest BCUT2D eigenvalue weighted by Gasteiger charge is 2.25. The van der Waals surface area contributed by atoms with E-state index in [1.165, 1.54) is 13.2 Å². The Morgan fingerprint density at radius 2 is 2.10 bits per heavy atom. The summed E-state index contributed by atoms with van der Waals surface area (Å²) in [5.41, 5.74) is -0.117. The molecule has 108 valence electrons. The summed E-state index contributed by atoms with van der Waals surface area (Å²) in [6, 6.07) is 2.22. The molecule has 1 aliphatic rings. The minimum absolute atomic E-state index is 0.00857. The number of carbonyl (C=O) groups excluding carboxylic acids is 1. The molecule has 6 nitrogen and oxygen atoms in total. The number of rotatable bonds is 4. The second-order valence-electron chi connectivity index (χ2n) is 4.69. The van der Waals surface area contributed by atoms with Crippen molar-refractivity contribution in [2.24, 2.45) is 5.92 Å². The maximum atomic E-state index is 14.0. The van der Waals surface area contributed by atoms with Crippen molar-refractivity contribution in [1.29, 1.82) is 0 Å². The van der Waals surface area contributed by atoms with E-state index in [9.17, 15) is 19.3 Å². The lowest BCUT2D eigenvalue weighted by Crippen LogP contribution is -2.34. The van der Waals surface area contributed by atoms with E-state index in [4.69, 9.17) is 4.74 Å². The third kappa shape index (κ3) is 2.71. The number of carbonyl (C=O) groups is 1. The predicted molar refractivity (Wildman–Crippen MR) is 70.6 cm³/mol. The number of nitrogens with zero attached hydrogens (tertiary/aromatic N) is 2. The van der Waals surface area contributed by atoms with Crippen molar-refractivity contribution in [2.75, 3.05) is 25.1 Å². The van der Waals surface area contributed by atoms with Crippen LogP contribution in [-0.4, -0.2) is 31.4 Å². The smallest absolute Gasteiger partial charge is 0.313 e. The third-order valence-electron chi connectivity index (χ3n) is 3.52. The van der Waals surface area contributed by atoms with Gasteiger partial charge in [0.2, 0.25) is 0 Å². The molecule has 20 heavy (non-hydrogen) atoms. The maximum absolute atomic E-state index is 14.0. The zero-order valence-electron chi connectivity index (χ0n) is 11.0. The molecule has 0 bridgehead atoms. The molecular weight excluding hydrogens is 267 g/mol. The quantitative estimate of drug-likeness (QED) is 0.480. The summed E-state index contributed by atoms with van der Waals surface area (Å²) >= 11 is 0. The molecule has 1 aliphatic heterocycles. The summed E-state index contributed by atoms with van der Waals surface area (Å²) in [4.78, 5) is 22.6. The summed E-state index contributed by atoms with van der Waals surface area (Å²) in [6.45, 7) is 1.09. The molecule has 0 unspecified atom stereocenters. The molecule has 0 aliphatic carbocycles. The standard InChI is InChI=1S/C13H15FN2O4/c1-20-13-7-11(10(14)6-12(13)16(18)19)15-4-2-9(8-17)3-5-15/h6-9H,2-5H2,1H3. The van der Waals surface area contributed by atoms with E-state index in [-0.39, 0.29) is 17.4 Å². The highest BCUT2D eigenvalue weighted by Crippen LogP contribution is 2.35. The molecule has 0 atom stereocenters. The van der Waals surface area contributed by atoms with E-state index in [0.717, 1.165) is 12.4 Å². The van der Waals surface area contributed by atoms with Gasteiger partial charge in [0.25, 0.3) is 0 Å². The van der Waals surface area contributed by atoms with Crippen LogP contribution in [0.2, 0.25) is 0 Å². The van der Waals surface area contributed by atoms with Gasteiger partial charge in [-0.2, -0.15) is 0 Å². The molecule has 1 saturated heterocycles. The van der Waals surface area contributed by atoms with Gasteiger partial charge >= 0.3 is 5.69 Å². The predicted octanol–water partition coefficient (Wildman–Crippen LogP) is 2.16. The molecule has 0 radical (unpaired) electrons. The van der Waals surface area contributed by atoms with Gasteiger partial charge in [-0.1, -0.05) is 0 Å². The van der Waals surface area contributed by atoms with Crippen molar-refractivity contribution in [1.82, 2.24) is 0 Å². The highest BCUT2D eigenvalue weighted by molar-refractivity contribution is 5.61. The van der Waals surface area contributed by atoms with Crippen molar-refractivity contribution in [3.05, 3.63) is 28.1 Å². The van der Waals surface area contributed by atoms with Crippen LogP contribution in [0.4, 0.5) is 15.8 Å². The fraction of sp³-hybridized carbons (Fsp3) is 0.462. The Labute approximate surface area is 115 Å². The van der Waals surface area contributed by atoms with E-state index in [0.29, 0.717) is 25.9 Å². The van der Waals surface area contributed by atoms with Gasteiger partial charge in [-0.3, -0.25) is 10.1 Å². The summed E-state index contributed by atoms with van der Waals surface area (Å²) < 4.78 is 19.0. The van der Waals surface area contributed by atoms with Crippen molar-refractivity contribution < 1.29 is 18.8 Å². The second-order valence-corrected chi connectivity index (χ2v) is 4.69. The Hall–Kier alpha value is -2.18. The SMILES string of the molecule is COc1cc(N2CCC(C=O)CC2)c(F)cc1[N+](=O)[O-]. The third-order valence-corrected chi connectivity index (χ3v) is 3.52. The first-order chi connectivity index (χ1) is 9.56. The van der Waals surface area contributed by atoms with E-state index in [1.54, 1.807) is 4.90 Å². The topological polar surface area (TPSA) is 72.7 Å². The van der Waals surface area contributed by atoms with Crippen LogP contribution in [0.1, 0.15) is 12.8 Å². The van der Waals surface area contributed by atoms with E-state index in [2.05, 4.69) is 0 Å². The van der Waals surface area contributed by atoms with Crippen LogP contribution in [0.25, 0.3) is 0 Å². The van der Waals surface area contributed by atoms with Gasteiger partial charge in [0.15, 0.2) is 11.6 Å². The Morgan fingerprint density at radius 3 is 2.60 bits per heavy atom. The molecule has 1 fully saturated rings. The summed E-state index contributed by atoms with van der Waals surface area (Å²) in [6.07, 6.45) is 2.23. The number of anilines is 1. The number of benzene rings is 1. The molecule has 1 aromatic rings. The second kappa shape index (κ2) is 5.85. The Kier molecular flexibility index (Phi) is 4.16. The molecule has 1 heterocycles. The van der Waals surface area contributed by atoms with Crippen LogP contribution in [0.3, 0.4) is 0 Å². The Bertz CT molecular complexity index is 527. The van der Waals surface area contributed by atoms with Crippen LogP contribution < -0.4 is 9.64 Å². The number of piperidine rings is 1. The monoisotopic (exact) mass is 282 g/mol. The van der Waals surface area contributed by atoms with Crippen LogP contribution in [0, 0.1) is 21.8 Å². The fourth-order valence-corrected chi connectivity index (χ4v) is 2.36. The van der Waals surface area contributed by atoms with Gasteiger partial charge < -0.3 is 14.4 Å². The first-order valence-corrected chi connectivity index (χ1v) is 6.29. The van der Waals surface area contributed by atoms with Crippen molar-refractivity contribution in [2.45, 2.75) is 12.8 Å². The normalized spacial score (nSPS) is 16.0. The van der Waals surface area contributed by atoms with E-state index < -0.39 is 16.4 Å². The van der Waals surface area contributed by atoms with Gasteiger partial charge in [0.05, 0.1) is 23.8 Å². The number of ether oxygens (including phenoxy) is 1. The molecular formula is C13H15FN2O4. The van der Waals surface area contributed by atoms with E-state index in [1.807, 2.05) is 0 Å². The van der Waals surface area contributed by atoms with Gasteiger partial charge in [0.1, 0.15) is 6.29 Å². The van der Waals surface area contributed by atoms with Crippen LogP contribution in [0.15, 0.2) is 12.1 Å². The first kappa shape index (κ1) is 14.2. The number of nitro groups is 1. The van der Waals surface area contributed by atoms with Gasteiger partial charge in [-0.05, 0) is 12.8 Å². The lowest BCUT2D eigenvalue weighted by atomic mass is 9.98. The average molecular weight is 282 g/mol. The molecule has 0 aromatic heterocycles. The molecule has 0 saturated carbocycles. The minimum Gasteiger partial charge on any atom is -0.490 e. The molecule has 1 aromatic carbocycles. The van der Waals surface area contributed by atoms with Crippen LogP contribution in [0.5, 0.6) is 5.75 Å². The number of methoxy groups -OCH3 is 1. The van der Waals surface area contributed by atoms with Crippen LogP contribution in [-0.2, 0) is 4.79 Å². The lowest BCUT2D eigenvalue weighted by molar-refractivity contribution is -0.385. The lowest BCUT2D eigenvalue weighted by Gasteiger charge is -2.31. The summed E-state index contributed by atoms with van der Waals surface area (Å²) in [7, 11) is 1.31. The molecule has 0 spiro atoms. The number of nitro benzene ring substituents is 1. The van der Waals surface area contributed by atoms with Gasteiger partial charge in [-0.25, -0.2) is 4.39 Å². The average Bonchev–Trinajstić information content (AvgIpc) is 2.47. The first-order valence-electron chi connectivity index (χ1n) is 6.29. The van der Waals surface area contributed by atoms with Crippen molar-refractivity contribution >= 4 is 17.7 Å². The van der Waals surface area contributed by atoms with Crippen molar-refractivity contribution in [3.63, 3.8) is 0 Å². The van der Waals surface area contributed by atoms with Crippen LogP contribution >= 0.6 is 0 Å². The zero-order chi connectivity index (χ0) is 14.7. The Balaban J connectivity index is 2.28. The van der Waals surface area contributed by atoms with Crippen molar-refractivity contribution in [3.8, 4) is 5.75 Å². The largest absolute Gasteiger partial charge is 0.490 e. The molecule has 7 heteroatoms. The maximum Gasteiger partial charge on any atom is 0.313 e. The minimum atomic E-state index is -0.676. The number of hydrogen-bond donors (Lipinski definition) is 0. The molecule has 0 N–H and O–H groups in total. The van der Waals surface area contributed by atoms with E-state index >= 15 is 0 Å². The van der Waals surface area contributed by atoms with Gasteiger partial charge in [-0.15, -0.1) is 0 Å². The molecule has 2 rings (SSSR count). The fourth-order valence-electron chi connectivity index (χ4n) is 2.36. The summed E-state index contributed by atoms with van der Waals surface area (Å²) in [5, 5.41) is 10.8. The molecule has 0 amide bonds. The number of halogens is 1. The zero-order valence-corrected chi connectivity index (χ0v) is 11.0. The number of aldehydes is 1.